The first kappa shape index (κ1) is 16.5. The third-order valence-electron chi connectivity index (χ3n) is 5.21. The Morgan fingerprint density at radius 2 is 1.50 bits per heavy atom. The number of hydrogen-bond acceptors (Lipinski definition) is 3. The van der Waals surface area contributed by atoms with E-state index in [1.165, 1.54) is 0 Å². The van der Waals surface area contributed by atoms with E-state index < -0.39 is 6.04 Å². The first-order chi connectivity index (χ1) is 13.6. The fourth-order valence-corrected chi connectivity index (χ4v) is 3.84. The lowest BCUT2D eigenvalue weighted by Crippen LogP contribution is -2.29. The Hall–Kier alpha value is -3.66. The van der Waals surface area contributed by atoms with Crippen LogP contribution in [0.3, 0.4) is 0 Å². The van der Waals surface area contributed by atoms with Crippen molar-refractivity contribution in [2.45, 2.75) is 13.0 Å². The predicted molar refractivity (Wildman–Crippen MR) is 109 cm³/mol. The molecule has 136 valence electrons. The van der Waals surface area contributed by atoms with Gasteiger partial charge in [0.15, 0.2) is 5.43 Å². The highest BCUT2D eigenvalue weighted by atomic mass is 16.3. The van der Waals surface area contributed by atoms with Gasteiger partial charge in [-0.25, -0.2) is 0 Å². The van der Waals surface area contributed by atoms with Crippen molar-refractivity contribution >= 4 is 22.6 Å². The lowest BCUT2D eigenvalue weighted by Gasteiger charge is -2.25. The maximum absolute atomic E-state index is 13.4. The Bertz CT molecular complexity index is 1260. The molecule has 4 nitrogen and oxygen atoms in total. The molecule has 0 unspecified atom stereocenters. The SMILES string of the molecule is Cc1ccc(N2C(=O)c3oc4ccccc4c(=O)c3[C@@H]2c2ccccc2)cc1. The Labute approximate surface area is 161 Å². The standard InChI is InChI=1S/C24H17NO3/c1-15-11-13-17(14-12-15)25-21(16-7-3-2-4-8-16)20-22(26)18-9-5-6-10-19(18)28-23(20)24(25)27/h2-14,21H,1H3/t21-/m0/s1. The van der Waals surface area contributed by atoms with Crippen molar-refractivity contribution in [3.63, 3.8) is 0 Å². The number of para-hydroxylation sites is 1. The maximum atomic E-state index is 13.4. The summed E-state index contributed by atoms with van der Waals surface area (Å²) in [5.74, 6) is -0.173. The predicted octanol–water partition coefficient (Wildman–Crippen LogP) is 4.85. The topological polar surface area (TPSA) is 50.5 Å². The summed E-state index contributed by atoms with van der Waals surface area (Å²) in [6, 6.07) is 23.9. The summed E-state index contributed by atoms with van der Waals surface area (Å²) in [5.41, 5.74) is 3.38. The van der Waals surface area contributed by atoms with Crippen LogP contribution in [-0.4, -0.2) is 5.91 Å². The second kappa shape index (κ2) is 6.20. The lowest BCUT2D eigenvalue weighted by molar-refractivity contribution is 0.0971. The molecule has 0 N–H and O–H groups in total. The summed E-state index contributed by atoms with van der Waals surface area (Å²) >= 11 is 0. The Morgan fingerprint density at radius 1 is 0.821 bits per heavy atom. The summed E-state index contributed by atoms with van der Waals surface area (Å²) in [6.07, 6.45) is 0. The first-order valence-electron chi connectivity index (χ1n) is 9.16. The number of hydrogen-bond donors (Lipinski definition) is 0. The summed E-state index contributed by atoms with van der Waals surface area (Å²) in [7, 11) is 0. The number of anilines is 1. The molecule has 0 bridgehead atoms. The van der Waals surface area contributed by atoms with Crippen molar-refractivity contribution in [1.82, 2.24) is 0 Å². The second-order valence-corrected chi connectivity index (χ2v) is 6.99. The largest absolute Gasteiger partial charge is 0.450 e. The number of fused-ring (bicyclic) bond motifs is 2. The van der Waals surface area contributed by atoms with E-state index in [9.17, 15) is 9.59 Å². The van der Waals surface area contributed by atoms with Gasteiger partial charge in [-0.05, 0) is 36.8 Å². The van der Waals surface area contributed by atoms with Gasteiger partial charge >= 0.3 is 0 Å². The molecular formula is C24H17NO3. The molecule has 0 aliphatic carbocycles. The molecule has 1 aliphatic rings. The minimum atomic E-state index is -0.521. The Balaban J connectivity index is 1.82. The number of amides is 1. The average molecular weight is 367 g/mol. The van der Waals surface area contributed by atoms with E-state index in [0.29, 0.717) is 16.5 Å². The molecule has 0 saturated heterocycles. The van der Waals surface area contributed by atoms with E-state index in [0.717, 1.165) is 16.8 Å². The van der Waals surface area contributed by atoms with Crippen molar-refractivity contribution in [2.75, 3.05) is 4.90 Å². The van der Waals surface area contributed by atoms with Crippen LogP contribution in [0.4, 0.5) is 5.69 Å². The highest BCUT2D eigenvalue weighted by molar-refractivity contribution is 6.10. The van der Waals surface area contributed by atoms with Crippen LogP contribution in [0.15, 0.2) is 88.1 Å². The van der Waals surface area contributed by atoms with Crippen LogP contribution in [0.2, 0.25) is 0 Å². The minimum Gasteiger partial charge on any atom is -0.450 e. The number of carbonyl (C=O) groups excluding carboxylic acids is 1. The van der Waals surface area contributed by atoms with Gasteiger partial charge in [0.1, 0.15) is 5.58 Å². The van der Waals surface area contributed by atoms with Gasteiger partial charge in [0.2, 0.25) is 5.76 Å². The van der Waals surface area contributed by atoms with E-state index in [1.807, 2.05) is 61.5 Å². The van der Waals surface area contributed by atoms with Crippen molar-refractivity contribution in [1.29, 1.82) is 0 Å². The van der Waals surface area contributed by atoms with Gasteiger partial charge in [-0.1, -0.05) is 60.2 Å². The van der Waals surface area contributed by atoms with E-state index in [1.54, 1.807) is 29.2 Å². The summed E-state index contributed by atoms with van der Waals surface area (Å²) in [5, 5.41) is 0.487. The first-order valence-corrected chi connectivity index (χ1v) is 9.16. The third-order valence-corrected chi connectivity index (χ3v) is 5.21. The van der Waals surface area contributed by atoms with E-state index in [2.05, 4.69) is 0 Å². The normalized spacial score (nSPS) is 15.8. The molecule has 0 saturated carbocycles. The van der Waals surface area contributed by atoms with Gasteiger partial charge < -0.3 is 4.42 Å². The fraction of sp³-hybridized carbons (Fsp3) is 0.0833. The molecule has 4 aromatic rings. The van der Waals surface area contributed by atoms with Crippen molar-refractivity contribution in [3.8, 4) is 0 Å². The minimum absolute atomic E-state index is 0.123. The van der Waals surface area contributed by atoms with Crippen LogP contribution in [0, 0.1) is 6.92 Å². The summed E-state index contributed by atoms with van der Waals surface area (Å²) in [6.45, 7) is 2.00. The molecule has 4 heteroatoms. The molecular weight excluding hydrogens is 350 g/mol. The van der Waals surface area contributed by atoms with E-state index >= 15 is 0 Å². The molecule has 0 spiro atoms. The molecule has 1 aromatic heterocycles. The van der Waals surface area contributed by atoms with Gasteiger partial charge in [-0.15, -0.1) is 0 Å². The molecule has 0 fully saturated rings. The monoisotopic (exact) mass is 367 g/mol. The molecule has 28 heavy (non-hydrogen) atoms. The number of rotatable bonds is 2. The van der Waals surface area contributed by atoms with Gasteiger partial charge in [0.05, 0.1) is 17.0 Å². The summed E-state index contributed by atoms with van der Waals surface area (Å²) in [4.78, 5) is 28.4. The van der Waals surface area contributed by atoms with Gasteiger partial charge in [0, 0.05) is 5.69 Å². The van der Waals surface area contributed by atoms with Crippen LogP contribution < -0.4 is 10.3 Å². The fourth-order valence-electron chi connectivity index (χ4n) is 3.84. The second-order valence-electron chi connectivity index (χ2n) is 6.99. The summed E-state index contributed by atoms with van der Waals surface area (Å²) < 4.78 is 5.93. The molecule has 5 rings (SSSR count). The molecule has 1 amide bonds. The zero-order valence-electron chi connectivity index (χ0n) is 15.3. The molecule has 2 heterocycles. The number of aryl methyl sites for hydroxylation is 1. The number of benzene rings is 3. The van der Waals surface area contributed by atoms with Crippen molar-refractivity contribution < 1.29 is 9.21 Å². The van der Waals surface area contributed by atoms with Crippen LogP contribution >= 0.6 is 0 Å². The lowest BCUT2D eigenvalue weighted by atomic mass is 9.98. The average Bonchev–Trinajstić information content (AvgIpc) is 3.02. The molecule has 1 atom stereocenters. The van der Waals surface area contributed by atoms with Gasteiger partial charge in [0.25, 0.3) is 5.91 Å². The maximum Gasteiger partial charge on any atom is 0.295 e. The van der Waals surface area contributed by atoms with E-state index in [4.69, 9.17) is 4.42 Å². The van der Waals surface area contributed by atoms with Gasteiger partial charge in [-0.3, -0.25) is 14.5 Å². The van der Waals surface area contributed by atoms with Crippen molar-refractivity contribution in [3.05, 3.63) is 112 Å². The van der Waals surface area contributed by atoms with Crippen molar-refractivity contribution in [2.24, 2.45) is 0 Å². The Morgan fingerprint density at radius 3 is 2.25 bits per heavy atom. The number of carbonyl (C=O) groups is 1. The highest BCUT2D eigenvalue weighted by Gasteiger charge is 2.43. The molecule has 3 aromatic carbocycles. The number of nitrogens with zero attached hydrogens (tertiary/aromatic N) is 1. The molecule has 1 aliphatic heterocycles. The third kappa shape index (κ3) is 2.38. The quantitative estimate of drug-likeness (QED) is 0.509. The molecule has 0 radical (unpaired) electrons. The van der Waals surface area contributed by atoms with Crippen LogP contribution in [0.25, 0.3) is 11.0 Å². The van der Waals surface area contributed by atoms with Crippen LogP contribution in [0.1, 0.15) is 33.3 Å². The zero-order valence-corrected chi connectivity index (χ0v) is 15.3. The van der Waals surface area contributed by atoms with E-state index in [-0.39, 0.29) is 17.1 Å². The Kier molecular flexibility index (Phi) is 3.66. The zero-order chi connectivity index (χ0) is 19.3. The van der Waals surface area contributed by atoms with Crippen LogP contribution in [-0.2, 0) is 0 Å². The van der Waals surface area contributed by atoms with Crippen LogP contribution in [0.5, 0.6) is 0 Å². The van der Waals surface area contributed by atoms with Gasteiger partial charge in [-0.2, -0.15) is 0 Å². The highest BCUT2D eigenvalue weighted by Crippen LogP contribution is 2.41. The smallest absolute Gasteiger partial charge is 0.295 e.